The SMILES string of the molecule is COC(=O)C(Br)CNN1CCN(C)CC1. The summed E-state index contributed by atoms with van der Waals surface area (Å²) in [5, 5.41) is 2.14. The normalized spacial score (nSPS) is 21.3. The Labute approximate surface area is 98.8 Å². The topological polar surface area (TPSA) is 44.8 Å². The third kappa shape index (κ3) is 4.46. The summed E-state index contributed by atoms with van der Waals surface area (Å²) in [6.45, 7) is 4.64. The van der Waals surface area contributed by atoms with E-state index < -0.39 is 0 Å². The smallest absolute Gasteiger partial charge is 0.320 e. The van der Waals surface area contributed by atoms with Gasteiger partial charge in [0, 0.05) is 32.7 Å². The maximum atomic E-state index is 11.1. The zero-order valence-corrected chi connectivity index (χ0v) is 10.8. The highest BCUT2D eigenvalue weighted by atomic mass is 79.9. The van der Waals surface area contributed by atoms with Crippen molar-refractivity contribution >= 4 is 21.9 Å². The highest BCUT2D eigenvalue weighted by molar-refractivity contribution is 9.10. The number of hydrazine groups is 1. The molecule has 0 aliphatic carbocycles. The quantitative estimate of drug-likeness (QED) is 0.564. The van der Waals surface area contributed by atoms with Crippen molar-refractivity contribution in [3.63, 3.8) is 0 Å². The third-order valence-electron chi connectivity index (χ3n) is 2.45. The molecular formula is C9H18BrN3O2. The fourth-order valence-corrected chi connectivity index (χ4v) is 1.72. The van der Waals surface area contributed by atoms with Gasteiger partial charge in [0.05, 0.1) is 7.11 Å². The van der Waals surface area contributed by atoms with Crippen LogP contribution in [0.5, 0.6) is 0 Å². The molecule has 1 aliphatic heterocycles. The standard InChI is InChI=1S/C9H18BrN3O2/c1-12-3-5-13(6-4-12)11-7-8(10)9(14)15-2/h8,11H,3-7H2,1-2H3. The molecule has 0 radical (unpaired) electrons. The monoisotopic (exact) mass is 279 g/mol. The molecule has 1 heterocycles. The average Bonchev–Trinajstić information content (AvgIpc) is 2.26. The van der Waals surface area contributed by atoms with Gasteiger partial charge in [0.25, 0.3) is 0 Å². The molecule has 0 amide bonds. The van der Waals surface area contributed by atoms with Gasteiger partial charge in [0.15, 0.2) is 0 Å². The lowest BCUT2D eigenvalue weighted by Crippen LogP contribution is -2.52. The van der Waals surface area contributed by atoms with Crippen LogP contribution in [-0.4, -0.2) is 67.6 Å². The average molecular weight is 280 g/mol. The van der Waals surface area contributed by atoms with E-state index in [4.69, 9.17) is 0 Å². The summed E-state index contributed by atoms with van der Waals surface area (Å²) in [5.74, 6) is -0.239. The van der Waals surface area contributed by atoms with E-state index in [9.17, 15) is 4.79 Å². The molecule has 0 aromatic heterocycles. The Kier molecular flexibility index (Phi) is 5.52. The number of carbonyl (C=O) groups excluding carboxylic acids is 1. The molecule has 1 unspecified atom stereocenters. The molecule has 6 heteroatoms. The predicted molar refractivity (Wildman–Crippen MR) is 61.8 cm³/mol. The summed E-state index contributed by atoms with van der Waals surface area (Å²) >= 11 is 3.27. The van der Waals surface area contributed by atoms with Gasteiger partial charge in [-0.3, -0.25) is 10.2 Å². The number of nitrogens with zero attached hydrogens (tertiary/aromatic N) is 2. The summed E-state index contributed by atoms with van der Waals surface area (Å²) in [5.41, 5.74) is 3.22. The first-order valence-corrected chi connectivity index (χ1v) is 5.94. The summed E-state index contributed by atoms with van der Waals surface area (Å²) in [4.78, 5) is 13.1. The molecule has 1 atom stereocenters. The van der Waals surface area contributed by atoms with Crippen molar-refractivity contribution in [1.29, 1.82) is 0 Å². The Morgan fingerprint density at radius 3 is 2.60 bits per heavy atom. The number of likely N-dealkylation sites (N-methyl/N-ethyl adjacent to an activating group) is 1. The van der Waals surface area contributed by atoms with Gasteiger partial charge in [-0.1, -0.05) is 15.9 Å². The molecule has 1 saturated heterocycles. The van der Waals surface area contributed by atoms with Crippen molar-refractivity contribution < 1.29 is 9.53 Å². The molecule has 0 spiro atoms. The van der Waals surface area contributed by atoms with Crippen molar-refractivity contribution in [2.45, 2.75) is 4.83 Å². The lowest BCUT2D eigenvalue weighted by Gasteiger charge is -2.32. The molecule has 88 valence electrons. The van der Waals surface area contributed by atoms with Crippen LogP contribution in [0.4, 0.5) is 0 Å². The number of halogens is 1. The van der Waals surface area contributed by atoms with Crippen LogP contribution in [0.25, 0.3) is 0 Å². The van der Waals surface area contributed by atoms with E-state index in [1.54, 1.807) is 0 Å². The lowest BCUT2D eigenvalue weighted by atomic mass is 10.4. The second kappa shape index (κ2) is 6.42. The Morgan fingerprint density at radius 2 is 2.07 bits per heavy atom. The van der Waals surface area contributed by atoms with E-state index in [2.05, 4.69) is 43.0 Å². The molecule has 1 aliphatic rings. The first kappa shape index (κ1) is 12.9. The Morgan fingerprint density at radius 1 is 1.47 bits per heavy atom. The van der Waals surface area contributed by atoms with E-state index in [1.807, 2.05) is 0 Å². The largest absolute Gasteiger partial charge is 0.468 e. The van der Waals surface area contributed by atoms with Crippen LogP contribution in [0.1, 0.15) is 0 Å². The summed E-state index contributed by atoms with van der Waals surface area (Å²) in [6.07, 6.45) is 0. The molecule has 1 N–H and O–H groups in total. The van der Waals surface area contributed by atoms with Crippen molar-refractivity contribution in [2.24, 2.45) is 0 Å². The maximum absolute atomic E-state index is 11.1. The number of hydrogen-bond donors (Lipinski definition) is 1. The van der Waals surface area contributed by atoms with Gasteiger partial charge < -0.3 is 9.64 Å². The minimum atomic E-state index is -0.276. The number of rotatable bonds is 4. The van der Waals surface area contributed by atoms with E-state index in [0.717, 1.165) is 26.2 Å². The lowest BCUT2D eigenvalue weighted by molar-refractivity contribution is -0.139. The van der Waals surface area contributed by atoms with Gasteiger partial charge in [-0.25, -0.2) is 5.01 Å². The van der Waals surface area contributed by atoms with Gasteiger partial charge in [0.1, 0.15) is 4.83 Å². The molecule has 0 aromatic rings. The van der Waals surface area contributed by atoms with Gasteiger partial charge in [0.2, 0.25) is 0 Å². The van der Waals surface area contributed by atoms with Crippen LogP contribution in [0.3, 0.4) is 0 Å². The predicted octanol–water partition coefficient (Wildman–Crippen LogP) is -0.325. The molecule has 15 heavy (non-hydrogen) atoms. The van der Waals surface area contributed by atoms with Crippen LogP contribution < -0.4 is 5.43 Å². The minimum Gasteiger partial charge on any atom is -0.468 e. The summed E-state index contributed by atoms with van der Waals surface area (Å²) < 4.78 is 4.62. The first-order chi connectivity index (χ1) is 7.13. The van der Waals surface area contributed by atoms with Crippen molar-refractivity contribution in [3.8, 4) is 0 Å². The molecule has 1 rings (SSSR count). The highest BCUT2D eigenvalue weighted by Crippen LogP contribution is 2.01. The van der Waals surface area contributed by atoms with Gasteiger partial charge in [-0.05, 0) is 7.05 Å². The fourth-order valence-electron chi connectivity index (χ4n) is 1.39. The molecule has 0 aromatic carbocycles. The first-order valence-electron chi connectivity index (χ1n) is 5.02. The van der Waals surface area contributed by atoms with E-state index in [1.165, 1.54) is 7.11 Å². The Bertz CT molecular complexity index is 208. The van der Waals surface area contributed by atoms with Crippen molar-refractivity contribution in [1.82, 2.24) is 15.3 Å². The van der Waals surface area contributed by atoms with Crippen LogP contribution in [-0.2, 0) is 9.53 Å². The summed E-state index contributed by atoms with van der Waals surface area (Å²) in [7, 11) is 3.51. The maximum Gasteiger partial charge on any atom is 0.320 e. The zero-order chi connectivity index (χ0) is 11.3. The molecule has 0 saturated carbocycles. The number of carbonyl (C=O) groups is 1. The fraction of sp³-hybridized carbons (Fsp3) is 0.889. The Balaban J connectivity index is 2.17. The number of alkyl halides is 1. The highest BCUT2D eigenvalue weighted by Gasteiger charge is 2.18. The number of hydrogen-bond acceptors (Lipinski definition) is 5. The molecule has 0 bridgehead atoms. The number of ether oxygens (including phenoxy) is 1. The zero-order valence-electron chi connectivity index (χ0n) is 9.20. The number of methoxy groups -OCH3 is 1. The number of piperazine rings is 1. The Hall–Kier alpha value is -0.170. The minimum absolute atomic E-state index is 0.239. The van der Waals surface area contributed by atoms with E-state index in [0.29, 0.717) is 6.54 Å². The van der Waals surface area contributed by atoms with Crippen LogP contribution in [0.15, 0.2) is 0 Å². The number of nitrogens with one attached hydrogen (secondary N) is 1. The van der Waals surface area contributed by atoms with E-state index in [-0.39, 0.29) is 10.8 Å². The molecule has 1 fully saturated rings. The van der Waals surface area contributed by atoms with Crippen molar-refractivity contribution in [3.05, 3.63) is 0 Å². The third-order valence-corrected chi connectivity index (χ3v) is 3.15. The van der Waals surface area contributed by atoms with Crippen LogP contribution in [0, 0.1) is 0 Å². The summed E-state index contributed by atoms with van der Waals surface area (Å²) in [6, 6.07) is 0. The van der Waals surface area contributed by atoms with Gasteiger partial charge >= 0.3 is 5.97 Å². The van der Waals surface area contributed by atoms with Gasteiger partial charge in [-0.2, -0.15) is 0 Å². The number of esters is 1. The molecular weight excluding hydrogens is 262 g/mol. The van der Waals surface area contributed by atoms with Gasteiger partial charge in [-0.15, -0.1) is 0 Å². The van der Waals surface area contributed by atoms with E-state index >= 15 is 0 Å². The molecule has 5 nitrogen and oxygen atoms in total. The second-order valence-electron chi connectivity index (χ2n) is 3.64. The van der Waals surface area contributed by atoms with Crippen LogP contribution >= 0.6 is 15.9 Å². The van der Waals surface area contributed by atoms with Crippen LogP contribution in [0.2, 0.25) is 0 Å². The second-order valence-corrected chi connectivity index (χ2v) is 4.75. The van der Waals surface area contributed by atoms with Crippen molar-refractivity contribution in [2.75, 3.05) is 46.9 Å².